The summed E-state index contributed by atoms with van der Waals surface area (Å²) in [7, 11) is 0. The standard InChI is InChI=1S/C29H44O2/c1-4-6-7-9-22(3)24-12-14-25(15-13-24)26-16-18-27(19-17-26)29(30)31-28-20-10-23(8-5-2)11-21-28/h14,16-19,22-24,28H,4-13,15,20-21H2,1-3H3/t22?,23-,24?,28-. The first-order chi connectivity index (χ1) is 15.1. The van der Waals surface area contributed by atoms with E-state index in [0.29, 0.717) is 5.56 Å². The fourth-order valence-electron chi connectivity index (χ4n) is 5.57. The van der Waals surface area contributed by atoms with Gasteiger partial charge < -0.3 is 4.74 Å². The van der Waals surface area contributed by atoms with Gasteiger partial charge in [0.2, 0.25) is 0 Å². The molecule has 0 bridgehead atoms. The van der Waals surface area contributed by atoms with Gasteiger partial charge in [0.25, 0.3) is 0 Å². The van der Waals surface area contributed by atoms with Crippen molar-refractivity contribution in [3.63, 3.8) is 0 Å². The molecule has 0 saturated heterocycles. The lowest BCUT2D eigenvalue weighted by Crippen LogP contribution is -2.24. The van der Waals surface area contributed by atoms with Crippen LogP contribution >= 0.6 is 0 Å². The highest BCUT2D eigenvalue weighted by Crippen LogP contribution is 2.36. The third kappa shape index (κ3) is 7.22. The summed E-state index contributed by atoms with van der Waals surface area (Å²) in [6, 6.07) is 8.15. The highest BCUT2D eigenvalue weighted by Gasteiger charge is 2.24. The Morgan fingerprint density at radius 2 is 1.74 bits per heavy atom. The van der Waals surface area contributed by atoms with Gasteiger partial charge >= 0.3 is 5.97 Å². The van der Waals surface area contributed by atoms with E-state index in [1.807, 2.05) is 12.1 Å². The van der Waals surface area contributed by atoms with Crippen molar-refractivity contribution in [3.05, 3.63) is 41.5 Å². The molecule has 31 heavy (non-hydrogen) atoms. The molecule has 2 heteroatoms. The Labute approximate surface area is 190 Å². The van der Waals surface area contributed by atoms with E-state index in [4.69, 9.17) is 4.74 Å². The molecule has 0 amide bonds. The lowest BCUT2D eigenvalue weighted by molar-refractivity contribution is 0.0161. The minimum atomic E-state index is -0.149. The Hall–Kier alpha value is -1.57. The Morgan fingerprint density at radius 3 is 2.35 bits per heavy atom. The van der Waals surface area contributed by atoms with E-state index in [1.165, 1.54) is 75.3 Å². The van der Waals surface area contributed by atoms with Crippen LogP contribution in [-0.2, 0) is 4.74 Å². The number of ether oxygens (including phenoxy) is 1. The predicted octanol–water partition coefficient (Wildman–Crippen LogP) is 8.60. The van der Waals surface area contributed by atoms with Gasteiger partial charge in [0, 0.05) is 0 Å². The Bertz CT molecular complexity index is 694. The molecule has 0 aliphatic heterocycles. The molecule has 172 valence electrons. The normalized spacial score (nSPS) is 25.0. The summed E-state index contributed by atoms with van der Waals surface area (Å²) in [5.74, 6) is 2.35. The molecule has 1 fully saturated rings. The van der Waals surface area contributed by atoms with Crippen LogP contribution in [0, 0.1) is 17.8 Å². The first-order valence-electron chi connectivity index (χ1n) is 13.1. The zero-order valence-electron chi connectivity index (χ0n) is 20.2. The van der Waals surface area contributed by atoms with Crippen LogP contribution in [0.15, 0.2) is 30.3 Å². The number of rotatable bonds is 10. The van der Waals surface area contributed by atoms with Gasteiger partial charge in [0.05, 0.1) is 5.56 Å². The molecule has 2 atom stereocenters. The number of esters is 1. The van der Waals surface area contributed by atoms with E-state index in [2.05, 4.69) is 39.0 Å². The molecule has 0 radical (unpaired) electrons. The second-order valence-corrected chi connectivity index (χ2v) is 10.2. The molecule has 1 aromatic carbocycles. The van der Waals surface area contributed by atoms with Crippen molar-refractivity contribution in [2.45, 2.75) is 110 Å². The maximum atomic E-state index is 12.6. The van der Waals surface area contributed by atoms with Gasteiger partial charge in [-0.2, -0.15) is 0 Å². The van der Waals surface area contributed by atoms with Crippen LogP contribution in [0.5, 0.6) is 0 Å². The third-order valence-corrected chi connectivity index (χ3v) is 7.78. The van der Waals surface area contributed by atoms with Crippen molar-refractivity contribution in [1.82, 2.24) is 0 Å². The van der Waals surface area contributed by atoms with E-state index >= 15 is 0 Å². The summed E-state index contributed by atoms with van der Waals surface area (Å²) in [5.41, 5.74) is 3.41. The van der Waals surface area contributed by atoms with Crippen molar-refractivity contribution >= 4 is 11.5 Å². The number of benzene rings is 1. The fraction of sp³-hybridized carbons (Fsp3) is 0.690. The number of hydrogen-bond acceptors (Lipinski definition) is 2. The average Bonchev–Trinajstić information content (AvgIpc) is 2.81. The van der Waals surface area contributed by atoms with Crippen molar-refractivity contribution < 1.29 is 9.53 Å². The lowest BCUT2D eigenvalue weighted by Gasteiger charge is -2.28. The van der Waals surface area contributed by atoms with Crippen molar-refractivity contribution in [2.24, 2.45) is 17.8 Å². The maximum absolute atomic E-state index is 12.6. The van der Waals surface area contributed by atoms with Gasteiger partial charge in [-0.3, -0.25) is 0 Å². The van der Waals surface area contributed by atoms with Gasteiger partial charge in [-0.25, -0.2) is 4.79 Å². The van der Waals surface area contributed by atoms with Gasteiger partial charge in [-0.05, 0) is 86.0 Å². The summed E-state index contributed by atoms with van der Waals surface area (Å²) >= 11 is 0. The average molecular weight is 425 g/mol. The summed E-state index contributed by atoms with van der Waals surface area (Å²) in [6.45, 7) is 6.98. The zero-order chi connectivity index (χ0) is 22.1. The SMILES string of the molecule is CCCCCC(C)C1CC=C(c2ccc(C(=O)O[C@H]3CC[C@H](CCC)CC3)cc2)CC1. The molecule has 1 aromatic rings. The second-order valence-electron chi connectivity index (χ2n) is 10.2. The van der Waals surface area contributed by atoms with E-state index in [1.54, 1.807) is 0 Å². The predicted molar refractivity (Wildman–Crippen MR) is 131 cm³/mol. The minimum absolute atomic E-state index is 0.109. The van der Waals surface area contributed by atoms with Crippen LogP contribution in [0.3, 0.4) is 0 Å². The summed E-state index contributed by atoms with van der Waals surface area (Å²) in [4.78, 5) is 12.6. The second kappa shape index (κ2) is 12.5. The van der Waals surface area contributed by atoms with Crippen LogP contribution < -0.4 is 0 Å². The Kier molecular flexibility index (Phi) is 9.68. The minimum Gasteiger partial charge on any atom is -0.459 e. The smallest absolute Gasteiger partial charge is 0.338 e. The van der Waals surface area contributed by atoms with Crippen LogP contribution in [0.1, 0.15) is 120 Å². The highest BCUT2D eigenvalue weighted by molar-refractivity contribution is 5.90. The molecule has 2 aliphatic rings. The lowest BCUT2D eigenvalue weighted by atomic mass is 9.78. The summed E-state index contributed by atoms with van der Waals surface area (Å²) in [6.07, 6.45) is 18.7. The fourth-order valence-corrected chi connectivity index (χ4v) is 5.57. The van der Waals surface area contributed by atoms with E-state index in [9.17, 15) is 4.79 Å². The zero-order valence-corrected chi connectivity index (χ0v) is 20.2. The molecule has 0 heterocycles. The molecule has 0 spiro atoms. The third-order valence-electron chi connectivity index (χ3n) is 7.78. The molecule has 0 N–H and O–H groups in total. The van der Waals surface area contributed by atoms with E-state index in [0.717, 1.165) is 37.0 Å². The number of allylic oxidation sites excluding steroid dienone is 2. The molecule has 2 aliphatic carbocycles. The molecular formula is C29H44O2. The van der Waals surface area contributed by atoms with Gasteiger partial charge in [-0.1, -0.05) is 77.5 Å². The van der Waals surface area contributed by atoms with Gasteiger partial charge in [0.15, 0.2) is 0 Å². The van der Waals surface area contributed by atoms with E-state index < -0.39 is 0 Å². The maximum Gasteiger partial charge on any atom is 0.338 e. The molecular weight excluding hydrogens is 380 g/mol. The quantitative estimate of drug-likeness (QED) is 0.277. The molecule has 3 rings (SSSR count). The summed E-state index contributed by atoms with van der Waals surface area (Å²) in [5, 5.41) is 0. The number of carbonyl (C=O) groups is 1. The van der Waals surface area contributed by atoms with Crippen LogP contribution in [0.4, 0.5) is 0 Å². The number of hydrogen-bond donors (Lipinski definition) is 0. The Balaban J connectivity index is 1.47. The van der Waals surface area contributed by atoms with Crippen molar-refractivity contribution in [1.29, 1.82) is 0 Å². The number of unbranched alkanes of at least 4 members (excludes halogenated alkanes) is 2. The molecule has 2 nitrogen and oxygen atoms in total. The van der Waals surface area contributed by atoms with Crippen molar-refractivity contribution in [3.8, 4) is 0 Å². The van der Waals surface area contributed by atoms with Crippen LogP contribution in [0.2, 0.25) is 0 Å². The first kappa shape index (κ1) is 24.1. The van der Waals surface area contributed by atoms with Crippen molar-refractivity contribution in [2.75, 3.05) is 0 Å². The molecule has 0 aromatic heterocycles. The van der Waals surface area contributed by atoms with E-state index in [-0.39, 0.29) is 12.1 Å². The van der Waals surface area contributed by atoms with Crippen LogP contribution in [0.25, 0.3) is 5.57 Å². The number of carbonyl (C=O) groups excluding carboxylic acids is 1. The van der Waals surface area contributed by atoms with Gasteiger partial charge in [0.1, 0.15) is 6.10 Å². The largest absolute Gasteiger partial charge is 0.459 e. The monoisotopic (exact) mass is 424 g/mol. The van der Waals surface area contributed by atoms with Crippen LogP contribution in [-0.4, -0.2) is 12.1 Å². The first-order valence-corrected chi connectivity index (χ1v) is 13.1. The van der Waals surface area contributed by atoms with Gasteiger partial charge in [-0.15, -0.1) is 0 Å². The topological polar surface area (TPSA) is 26.3 Å². The molecule has 2 unspecified atom stereocenters. The Morgan fingerprint density at radius 1 is 1.00 bits per heavy atom. The summed E-state index contributed by atoms with van der Waals surface area (Å²) < 4.78 is 5.82. The highest BCUT2D eigenvalue weighted by atomic mass is 16.5. The molecule has 1 saturated carbocycles.